The van der Waals surface area contributed by atoms with Crippen LogP contribution < -0.4 is 11.1 Å². The van der Waals surface area contributed by atoms with Crippen LogP contribution >= 0.6 is 0 Å². The first-order valence-corrected chi connectivity index (χ1v) is 10.8. The van der Waals surface area contributed by atoms with Crippen LogP contribution in [0.2, 0.25) is 0 Å². The largest absolute Gasteiger partial charge is 0.319 e. The summed E-state index contributed by atoms with van der Waals surface area (Å²) in [4.78, 5) is 13.6. The SMILES string of the molecule is CNC1CCC(N)(c2ncc3c(-c4ccc5nc(C)n(CC(F)F)c5n4)ccn3n2)CC1. The van der Waals surface area contributed by atoms with Gasteiger partial charge in [0.2, 0.25) is 0 Å². The molecule has 0 amide bonds. The van der Waals surface area contributed by atoms with E-state index in [4.69, 9.17) is 10.8 Å². The second kappa shape index (κ2) is 7.86. The van der Waals surface area contributed by atoms with Gasteiger partial charge in [-0.2, -0.15) is 5.10 Å². The topological polar surface area (TPSA) is 98.9 Å². The maximum Gasteiger partial charge on any atom is 0.256 e. The summed E-state index contributed by atoms with van der Waals surface area (Å²) < 4.78 is 29.3. The molecule has 3 N–H and O–H groups in total. The molecule has 32 heavy (non-hydrogen) atoms. The summed E-state index contributed by atoms with van der Waals surface area (Å²) in [7, 11) is 1.98. The molecule has 4 aromatic rings. The van der Waals surface area contributed by atoms with Gasteiger partial charge in [0.25, 0.3) is 6.43 Å². The first-order chi connectivity index (χ1) is 15.4. The maximum atomic E-state index is 13.0. The molecule has 0 radical (unpaired) electrons. The first kappa shape index (κ1) is 20.9. The number of imidazole rings is 1. The summed E-state index contributed by atoms with van der Waals surface area (Å²) in [5.41, 5.74) is 9.44. The molecule has 0 atom stereocenters. The molecule has 168 valence electrons. The molecule has 0 spiro atoms. The molecule has 1 aliphatic carbocycles. The molecule has 0 saturated heterocycles. The van der Waals surface area contributed by atoms with E-state index in [1.165, 1.54) is 4.57 Å². The highest BCUT2D eigenvalue weighted by Crippen LogP contribution is 2.34. The van der Waals surface area contributed by atoms with E-state index >= 15 is 0 Å². The summed E-state index contributed by atoms with van der Waals surface area (Å²) in [6, 6.07) is 6.04. The Morgan fingerprint density at radius 2 is 2.00 bits per heavy atom. The van der Waals surface area contributed by atoms with Crippen LogP contribution in [0.15, 0.2) is 30.6 Å². The van der Waals surface area contributed by atoms with Gasteiger partial charge in [-0.15, -0.1) is 0 Å². The lowest BCUT2D eigenvalue weighted by atomic mass is 9.79. The van der Waals surface area contributed by atoms with Crippen molar-refractivity contribution in [2.75, 3.05) is 7.05 Å². The third-order valence-corrected chi connectivity index (χ3v) is 6.53. The molecular formula is C22H26F2N8. The highest BCUT2D eigenvalue weighted by Gasteiger charge is 2.35. The standard InChI is InChI=1S/C22H26F2N8/c1-13-28-17-4-3-16(29-20(17)31(13)12-19(23)24)15-7-10-32-18(15)11-27-21(30-32)22(25)8-5-14(26-2)6-9-22/h3-4,7,10-11,14,19,26H,5-6,8-9,12,25H2,1-2H3. The summed E-state index contributed by atoms with van der Waals surface area (Å²) in [6.45, 7) is 1.27. The van der Waals surface area contributed by atoms with Crippen molar-refractivity contribution >= 4 is 16.7 Å². The third kappa shape index (κ3) is 3.53. The van der Waals surface area contributed by atoms with Gasteiger partial charge in [-0.3, -0.25) is 0 Å². The van der Waals surface area contributed by atoms with Crippen LogP contribution in [0.4, 0.5) is 8.78 Å². The predicted molar refractivity (Wildman–Crippen MR) is 117 cm³/mol. The quantitative estimate of drug-likeness (QED) is 0.495. The lowest BCUT2D eigenvalue weighted by Crippen LogP contribution is -2.45. The van der Waals surface area contributed by atoms with Crippen molar-refractivity contribution in [1.29, 1.82) is 0 Å². The highest BCUT2D eigenvalue weighted by atomic mass is 19.3. The van der Waals surface area contributed by atoms with Crippen LogP contribution in [0, 0.1) is 6.92 Å². The molecule has 4 aromatic heterocycles. The summed E-state index contributed by atoms with van der Waals surface area (Å²) in [5.74, 6) is 1.15. The van der Waals surface area contributed by atoms with E-state index in [0.29, 0.717) is 34.5 Å². The van der Waals surface area contributed by atoms with Crippen LogP contribution in [0.1, 0.15) is 37.3 Å². The maximum absolute atomic E-state index is 13.0. The normalized spacial score (nSPS) is 21.8. The van der Waals surface area contributed by atoms with Crippen molar-refractivity contribution in [3.63, 3.8) is 0 Å². The van der Waals surface area contributed by atoms with Crippen molar-refractivity contribution in [3.8, 4) is 11.3 Å². The van der Waals surface area contributed by atoms with Crippen molar-refractivity contribution in [1.82, 2.24) is 34.4 Å². The summed E-state index contributed by atoms with van der Waals surface area (Å²) in [6.07, 6.45) is 4.76. The monoisotopic (exact) mass is 440 g/mol. The lowest BCUT2D eigenvalue weighted by molar-refractivity contribution is 0.127. The minimum absolute atomic E-state index is 0.436. The van der Waals surface area contributed by atoms with E-state index in [1.807, 2.05) is 25.4 Å². The van der Waals surface area contributed by atoms with Crippen molar-refractivity contribution < 1.29 is 8.78 Å². The molecule has 4 heterocycles. The van der Waals surface area contributed by atoms with E-state index in [1.54, 1.807) is 23.7 Å². The van der Waals surface area contributed by atoms with Crippen LogP contribution in [0.5, 0.6) is 0 Å². The van der Waals surface area contributed by atoms with E-state index in [0.717, 1.165) is 36.8 Å². The van der Waals surface area contributed by atoms with Gasteiger partial charge in [0, 0.05) is 17.8 Å². The first-order valence-electron chi connectivity index (χ1n) is 10.8. The number of hydrogen-bond donors (Lipinski definition) is 2. The Labute approximate surface area is 183 Å². The molecule has 8 nitrogen and oxygen atoms in total. The molecule has 1 fully saturated rings. The zero-order valence-corrected chi connectivity index (χ0v) is 18.1. The fraction of sp³-hybridized carbons (Fsp3) is 0.455. The van der Waals surface area contributed by atoms with Crippen LogP contribution in [0.3, 0.4) is 0 Å². The van der Waals surface area contributed by atoms with Gasteiger partial charge in [-0.25, -0.2) is 28.2 Å². The average molecular weight is 441 g/mol. The zero-order valence-electron chi connectivity index (χ0n) is 18.1. The minimum Gasteiger partial charge on any atom is -0.319 e. The lowest BCUT2D eigenvalue weighted by Gasteiger charge is -2.35. The van der Waals surface area contributed by atoms with Gasteiger partial charge in [0.1, 0.15) is 11.3 Å². The number of pyridine rings is 1. The molecular weight excluding hydrogens is 414 g/mol. The van der Waals surface area contributed by atoms with Crippen molar-refractivity contribution in [2.24, 2.45) is 5.73 Å². The van der Waals surface area contributed by atoms with Crippen LogP contribution in [0.25, 0.3) is 27.9 Å². The minimum atomic E-state index is -2.48. The average Bonchev–Trinajstić information content (AvgIpc) is 3.34. The number of nitrogens with zero attached hydrogens (tertiary/aromatic N) is 6. The number of halogens is 2. The second-order valence-corrected chi connectivity index (χ2v) is 8.56. The fourth-order valence-electron chi connectivity index (χ4n) is 4.61. The Morgan fingerprint density at radius 3 is 2.72 bits per heavy atom. The molecule has 5 rings (SSSR count). The Morgan fingerprint density at radius 1 is 1.22 bits per heavy atom. The molecule has 0 unspecified atom stereocenters. The molecule has 1 saturated carbocycles. The van der Waals surface area contributed by atoms with Gasteiger partial charge < -0.3 is 15.6 Å². The summed E-state index contributed by atoms with van der Waals surface area (Å²) in [5, 5.41) is 8.02. The number of aromatic nitrogens is 6. The molecule has 10 heteroatoms. The Balaban J connectivity index is 1.51. The number of nitrogens with two attached hydrogens (primary N) is 1. The molecule has 1 aliphatic rings. The molecule has 0 aliphatic heterocycles. The van der Waals surface area contributed by atoms with Gasteiger partial charge in [0.05, 0.1) is 29.5 Å². The van der Waals surface area contributed by atoms with Gasteiger partial charge in [0.15, 0.2) is 11.5 Å². The van der Waals surface area contributed by atoms with Crippen molar-refractivity contribution in [2.45, 2.75) is 57.2 Å². The number of aryl methyl sites for hydroxylation is 1. The summed E-state index contributed by atoms with van der Waals surface area (Å²) >= 11 is 0. The number of alkyl halides is 2. The zero-order chi connectivity index (χ0) is 22.5. The number of hydrogen-bond acceptors (Lipinski definition) is 6. The Bertz CT molecular complexity index is 1270. The van der Waals surface area contributed by atoms with Crippen LogP contribution in [-0.2, 0) is 12.1 Å². The van der Waals surface area contributed by atoms with Crippen LogP contribution in [-0.4, -0.2) is 48.6 Å². The molecule has 0 aromatic carbocycles. The van der Waals surface area contributed by atoms with E-state index < -0.39 is 18.5 Å². The van der Waals surface area contributed by atoms with Gasteiger partial charge in [-0.1, -0.05) is 0 Å². The van der Waals surface area contributed by atoms with Gasteiger partial charge in [-0.05, 0) is 57.9 Å². The van der Waals surface area contributed by atoms with E-state index in [9.17, 15) is 8.78 Å². The Kier molecular flexibility index (Phi) is 5.13. The molecule has 0 bridgehead atoms. The number of rotatable bonds is 5. The predicted octanol–water partition coefficient (Wildman–Crippen LogP) is 3.03. The van der Waals surface area contributed by atoms with Gasteiger partial charge >= 0.3 is 0 Å². The fourth-order valence-corrected chi connectivity index (χ4v) is 4.61. The van der Waals surface area contributed by atoms with E-state index in [2.05, 4.69) is 20.3 Å². The Hall–Kier alpha value is -2.98. The second-order valence-electron chi connectivity index (χ2n) is 8.56. The van der Waals surface area contributed by atoms with Crippen molar-refractivity contribution in [3.05, 3.63) is 42.2 Å². The number of fused-ring (bicyclic) bond motifs is 2. The number of nitrogens with one attached hydrogen (secondary N) is 1. The van der Waals surface area contributed by atoms with E-state index in [-0.39, 0.29) is 0 Å². The smallest absolute Gasteiger partial charge is 0.256 e. The highest BCUT2D eigenvalue weighted by molar-refractivity contribution is 5.82. The third-order valence-electron chi connectivity index (χ3n) is 6.53.